The minimum Gasteiger partial charge on any atom is -0.462 e. The molecule has 0 aliphatic carbocycles. The maximum absolute atomic E-state index is 13.9. The van der Waals surface area contributed by atoms with Gasteiger partial charge in [0.25, 0.3) is 5.91 Å². The van der Waals surface area contributed by atoms with Crippen LogP contribution >= 0.6 is 11.3 Å². The van der Waals surface area contributed by atoms with Gasteiger partial charge in [-0.15, -0.1) is 24.5 Å². The van der Waals surface area contributed by atoms with Crippen LogP contribution in [-0.4, -0.2) is 66.9 Å². The van der Waals surface area contributed by atoms with Gasteiger partial charge in [-0.2, -0.15) is 0 Å². The topological polar surface area (TPSA) is 102 Å². The molecule has 0 fully saturated rings. The number of para-hydroxylation sites is 1. The van der Waals surface area contributed by atoms with Crippen LogP contribution in [-0.2, 0) is 25.5 Å². The number of thiophene rings is 1. The van der Waals surface area contributed by atoms with Crippen LogP contribution in [0.25, 0.3) is 0 Å². The fourth-order valence-electron chi connectivity index (χ4n) is 3.79. The molecule has 0 aliphatic heterocycles. The van der Waals surface area contributed by atoms with Gasteiger partial charge < -0.3 is 19.1 Å². The Kier molecular flexibility index (Phi) is 13.2. The van der Waals surface area contributed by atoms with Crippen LogP contribution < -0.4 is 9.64 Å². The zero-order valence-corrected chi connectivity index (χ0v) is 27.1. The van der Waals surface area contributed by atoms with Gasteiger partial charge in [0.15, 0.2) is 0 Å². The Morgan fingerprint density at radius 2 is 1.60 bits per heavy atom. The largest absolute Gasteiger partial charge is 0.573 e. The van der Waals surface area contributed by atoms with E-state index in [0.717, 1.165) is 11.3 Å². The molecule has 1 heterocycles. The third-order valence-corrected chi connectivity index (χ3v) is 7.28. The fourth-order valence-corrected chi connectivity index (χ4v) is 4.97. The van der Waals surface area contributed by atoms with E-state index < -0.39 is 35.3 Å². The first kappa shape index (κ1) is 37.4. The number of nitrogens with zero attached hydrogens (tertiary/aromatic N) is 2. The smallest absolute Gasteiger partial charge is 0.462 e. The number of hydrogen-bond donors (Lipinski definition) is 0. The van der Waals surface area contributed by atoms with Crippen molar-refractivity contribution >= 4 is 40.6 Å². The molecule has 0 aliphatic rings. The molecular formula is C30H41F3N2O7S. The van der Waals surface area contributed by atoms with Crippen molar-refractivity contribution in [1.29, 1.82) is 0 Å². The average molecular weight is 631 g/mol. The van der Waals surface area contributed by atoms with E-state index in [1.165, 1.54) is 39.0 Å². The molecule has 43 heavy (non-hydrogen) atoms. The normalized spacial score (nSPS) is 11.6. The molecule has 0 radical (unpaired) electrons. The number of imide groups is 1. The van der Waals surface area contributed by atoms with Crippen molar-refractivity contribution < 1.29 is 46.6 Å². The molecule has 2 rings (SSSR count). The Morgan fingerprint density at radius 3 is 2.12 bits per heavy atom. The van der Waals surface area contributed by atoms with E-state index in [4.69, 9.17) is 9.47 Å². The number of halogens is 3. The second-order valence-electron chi connectivity index (χ2n) is 10.6. The van der Waals surface area contributed by atoms with Crippen molar-refractivity contribution in [3.05, 3.63) is 45.8 Å². The predicted octanol–water partition coefficient (Wildman–Crippen LogP) is 6.56. The number of carbonyl (C=O) groups is 4. The SMILES string of the molecule is CC.CCOC(=O)c1sc(N(C)CCc2ccccc2OC(F)(F)F)c(C(=O)N(C=O)C(C)(C)C(=O)OC(C)(C)C)c1C. The third kappa shape index (κ3) is 9.97. The molecule has 2 aromatic rings. The molecule has 9 nitrogen and oxygen atoms in total. The van der Waals surface area contributed by atoms with E-state index in [1.807, 2.05) is 13.8 Å². The van der Waals surface area contributed by atoms with E-state index in [0.29, 0.717) is 4.90 Å². The molecule has 0 atom stereocenters. The van der Waals surface area contributed by atoms with E-state index >= 15 is 0 Å². The van der Waals surface area contributed by atoms with Crippen LogP contribution in [0.3, 0.4) is 0 Å². The van der Waals surface area contributed by atoms with Crippen molar-refractivity contribution in [2.45, 2.75) is 86.2 Å². The molecular weight excluding hydrogens is 589 g/mol. The zero-order chi connectivity index (χ0) is 33.3. The number of anilines is 1. The highest BCUT2D eigenvalue weighted by Gasteiger charge is 2.43. The lowest BCUT2D eigenvalue weighted by Gasteiger charge is -2.35. The first-order valence-corrected chi connectivity index (χ1v) is 14.5. The summed E-state index contributed by atoms with van der Waals surface area (Å²) in [5.41, 5.74) is -2.13. The van der Waals surface area contributed by atoms with E-state index in [-0.39, 0.29) is 58.3 Å². The lowest BCUT2D eigenvalue weighted by molar-refractivity contribution is -0.274. The van der Waals surface area contributed by atoms with Crippen molar-refractivity contribution in [3.8, 4) is 5.75 Å². The van der Waals surface area contributed by atoms with Gasteiger partial charge in [-0.05, 0) is 72.1 Å². The third-order valence-electron chi connectivity index (χ3n) is 5.89. The minimum absolute atomic E-state index is 0.0240. The van der Waals surface area contributed by atoms with Gasteiger partial charge in [-0.1, -0.05) is 32.0 Å². The Labute approximate surface area is 254 Å². The molecule has 0 bridgehead atoms. The van der Waals surface area contributed by atoms with Crippen molar-refractivity contribution in [3.63, 3.8) is 0 Å². The highest BCUT2D eigenvalue weighted by Crippen LogP contribution is 2.38. The monoisotopic (exact) mass is 630 g/mol. The number of carbonyl (C=O) groups excluding carboxylic acids is 4. The number of hydrogen-bond acceptors (Lipinski definition) is 9. The van der Waals surface area contributed by atoms with Gasteiger partial charge in [-0.25, -0.2) is 9.59 Å². The molecule has 0 spiro atoms. The lowest BCUT2D eigenvalue weighted by atomic mass is 10.0. The fraction of sp³-hybridized carbons (Fsp3) is 0.533. The molecule has 1 aromatic carbocycles. The number of rotatable bonds is 11. The minimum atomic E-state index is -4.87. The van der Waals surface area contributed by atoms with Crippen LogP contribution in [0.15, 0.2) is 24.3 Å². The molecule has 0 saturated carbocycles. The maximum Gasteiger partial charge on any atom is 0.573 e. The van der Waals surface area contributed by atoms with Gasteiger partial charge in [0.1, 0.15) is 26.8 Å². The Bertz CT molecular complexity index is 1280. The quantitative estimate of drug-likeness (QED) is 0.203. The van der Waals surface area contributed by atoms with E-state index in [9.17, 15) is 32.3 Å². The molecule has 2 amide bonds. The first-order chi connectivity index (χ1) is 19.8. The van der Waals surface area contributed by atoms with Crippen molar-refractivity contribution in [2.75, 3.05) is 25.1 Å². The summed E-state index contributed by atoms with van der Waals surface area (Å²) in [4.78, 5) is 54.2. The summed E-state index contributed by atoms with van der Waals surface area (Å²) >= 11 is 0.937. The van der Waals surface area contributed by atoms with Gasteiger partial charge in [0.05, 0.1) is 12.2 Å². The molecule has 0 saturated heterocycles. The Hall–Kier alpha value is -3.61. The maximum atomic E-state index is 13.9. The molecule has 13 heteroatoms. The molecule has 0 N–H and O–H groups in total. The van der Waals surface area contributed by atoms with Gasteiger partial charge in [0, 0.05) is 13.6 Å². The predicted molar refractivity (Wildman–Crippen MR) is 159 cm³/mol. The zero-order valence-electron chi connectivity index (χ0n) is 26.3. The number of esters is 2. The second kappa shape index (κ2) is 15.2. The van der Waals surface area contributed by atoms with E-state index in [1.54, 1.807) is 45.7 Å². The van der Waals surface area contributed by atoms with Crippen molar-refractivity contribution in [1.82, 2.24) is 4.90 Å². The summed E-state index contributed by atoms with van der Waals surface area (Å²) in [6.45, 7) is 15.0. The van der Waals surface area contributed by atoms with Crippen LogP contribution in [0, 0.1) is 6.92 Å². The summed E-state index contributed by atoms with van der Waals surface area (Å²) in [6.07, 6.45) is -4.56. The van der Waals surface area contributed by atoms with Crippen LogP contribution in [0.2, 0.25) is 0 Å². The van der Waals surface area contributed by atoms with Crippen molar-refractivity contribution in [2.24, 2.45) is 0 Å². The standard InChI is InChI=1S/C28H35F3N2O7S.C2H6/c1-9-38-24(36)21-17(2)20(22(35)33(16-34)27(6,7)25(37)40-26(3,4)5)23(41-21)32(8)15-14-18-12-10-11-13-19(18)39-28(29,30)31;1-2/h10-13,16H,9,14-15H2,1-8H3;1-2H3. The average Bonchev–Trinajstić information content (AvgIpc) is 3.24. The number of ether oxygens (including phenoxy) is 3. The Morgan fingerprint density at radius 1 is 1.02 bits per heavy atom. The van der Waals surface area contributed by atoms with Gasteiger partial charge in [-0.3, -0.25) is 14.5 Å². The van der Waals surface area contributed by atoms with Crippen LogP contribution in [0.1, 0.15) is 86.5 Å². The van der Waals surface area contributed by atoms with E-state index in [2.05, 4.69) is 4.74 Å². The molecule has 1 aromatic heterocycles. The molecule has 240 valence electrons. The summed E-state index contributed by atoms with van der Waals surface area (Å²) in [5.74, 6) is -2.72. The van der Waals surface area contributed by atoms with Crippen LogP contribution in [0.4, 0.5) is 18.2 Å². The number of alkyl halides is 3. The van der Waals surface area contributed by atoms with Gasteiger partial charge in [0.2, 0.25) is 6.41 Å². The number of likely N-dealkylation sites (N-methyl/N-ethyl adjacent to an activating group) is 1. The summed E-state index contributed by atoms with van der Waals surface area (Å²) in [5, 5.41) is 0.261. The second-order valence-corrected chi connectivity index (χ2v) is 11.6. The first-order valence-electron chi connectivity index (χ1n) is 13.7. The highest BCUT2D eigenvalue weighted by molar-refractivity contribution is 7.18. The lowest BCUT2D eigenvalue weighted by Crippen LogP contribution is -2.54. The van der Waals surface area contributed by atoms with Crippen LogP contribution in [0.5, 0.6) is 5.75 Å². The number of amides is 2. The van der Waals surface area contributed by atoms with Gasteiger partial charge >= 0.3 is 18.3 Å². The summed E-state index contributed by atoms with van der Waals surface area (Å²) < 4.78 is 53.4. The molecule has 0 unspecified atom stereocenters. The summed E-state index contributed by atoms with van der Waals surface area (Å²) in [6, 6.07) is 5.68. The number of benzene rings is 1. The Balaban J connectivity index is 0.00000452. The summed E-state index contributed by atoms with van der Waals surface area (Å²) in [7, 11) is 1.59. The highest BCUT2D eigenvalue weighted by atomic mass is 32.1.